The quantitative estimate of drug-likeness (QED) is 0.703. The van der Waals surface area contributed by atoms with Gasteiger partial charge < -0.3 is 15.2 Å². The van der Waals surface area contributed by atoms with Crippen LogP contribution in [0, 0.1) is 12.3 Å². The first kappa shape index (κ1) is 17.4. The second-order valence-corrected chi connectivity index (χ2v) is 6.86. The average molecular weight is 325 g/mol. The summed E-state index contributed by atoms with van der Waals surface area (Å²) in [7, 11) is 0. The van der Waals surface area contributed by atoms with E-state index in [0.29, 0.717) is 12.0 Å². The average Bonchev–Trinajstić information content (AvgIpc) is 2.84. The summed E-state index contributed by atoms with van der Waals surface area (Å²) in [5.74, 6) is -0.157. The summed E-state index contributed by atoms with van der Waals surface area (Å²) in [6, 6.07) is -0.407. The number of H-pyrrole nitrogens is 1. The molecule has 1 fully saturated rings. The Morgan fingerprint density at radius 3 is 2.70 bits per heavy atom. The summed E-state index contributed by atoms with van der Waals surface area (Å²) in [5.41, 5.74) is -1.20. The van der Waals surface area contributed by atoms with Crippen LogP contribution in [0.3, 0.4) is 0 Å². The SMILES string of the molecule is Cc1cn([C@@H]2C[C@@H](NC(=O)C(C)(C)C)[C@@H](CO)O2)c(=O)[nH]c1=O. The molecule has 1 aliphatic heterocycles. The normalized spacial score (nSPS) is 24.7. The topological polar surface area (TPSA) is 113 Å². The van der Waals surface area contributed by atoms with Crippen LogP contribution < -0.4 is 16.6 Å². The molecule has 0 aromatic carbocycles. The van der Waals surface area contributed by atoms with Crippen molar-refractivity contribution in [3.8, 4) is 0 Å². The Balaban J connectivity index is 2.22. The summed E-state index contributed by atoms with van der Waals surface area (Å²) in [6.45, 7) is 6.69. The van der Waals surface area contributed by atoms with Gasteiger partial charge in [-0.2, -0.15) is 0 Å². The number of nitrogens with zero attached hydrogens (tertiary/aromatic N) is 1. The summed E-state index contributed by atoms with van der Waals surface area (Å²) in [6.07, 6.45) is 0.498. The second-order valence-electron chi connectivity index (χ2n) is 6.86. The highest BCUT2D eigenvalue weighted by molar-refractivity contribution is 5.81. The fourth-order valence-corrected chi connectivity index (χ4v) is 2.41. The zero-order valence-electron chi connectivity index (χ0n) is 13.8. The number of aromatic nitrogens is 2. The zero-order valence-corrected chi connectivity index (χ0v) is 13.8. The van der Waals surface area contributed by atoms with Crippen LogP contribution in [0.5, 0.6) is 0 Å². The number of carbonyl (C=O) groups is 1. The van der Waals surface area contributed by atoms with Crippen LogP contribution in [0.25, 0.3) is 0 Å². The van der Waals surface area contributed by atoms with Crippen LogP contribution in [-0.4, -0.2) is 39.3 Å². The number of aromatic amines is 1. The van der Waals surface area contributed by atoms with Gasteiger partial charge in [0.25, 0.3) is 5.56 Å². The minimum Gasteiger partial charge on any atom is -0.394 e. The van der Waals surface area contributed by atoms with Gasteiger partial charge in [0.1, 0.15) is 12.3 Å². The summed E-state index contributed by atoms with van der Waals surface area (Å²) in [4.78, 5) is 37.7. The van der Waals surface area contributed by atoms with Gasteiger partial charge in [-0.05, 0) is 6.92 Å². The molecule has 0 bridgehead atoms. The van der Waals surface area contributed by atoms with E-state index < -0.39 is 35.0 Å². The molecular weight excluding hydrogens is 302 g/mol. The molecule has 2 heterocycles. The Bertz CT molecular complexity index is 700. The molecule has 3 atom stereocenters. The summed E-state index contributed by atoms with van der Waals surface area (Å²) < 4.78 is 6.96. The van der Waals surface area contributed by atoms with Gasteiger partial charge in [-0.25, -0.2) is 4.79 Å². The molecule has 1 aromatic rings. The van der Waals surface area contributed by atoms with Crippen molar-refractivity contribution in [2.75, 3.05) is 6.61 Å². The van der Waals surface area contributed by atoms with Gasteiger partial charge in [0, 0.05) is 23.6 Å². The molecule has 1 aromatic heterocycles. The fraction of sp³-hybridized carbons (Fsp3) is 0.667. The van der Waals surface area contributed by atoms with Crippen LogP contribution >= 0.6 is 0 Å². The third-order valence-electron chi connectivity index (χ3n) is 3.87. The van der Waals surface area contributed by atoms with Crippen molar-refractivity contribution in [3.05, 3.63) is 32.6 Å². The Morgan fingerprint density at radius 1 is 1.48 bits per heavy atom. The number of aliphatic hydroxyl groups is 1. The number of aryl methyl sites for hydroxylation is 1. The van der Waals surface area contributed by atoms with E-state index in [0.717, 1.165) is 0 Å². The van der Waals surface area contributed by atoms with Gasteiger partial charge in [0.2, 0.25) is 5.91 Å². The van der Waals surface area contributed by atoms with Crippen molar-refractivity contribution in [1.82, 2.24) is 14.9 Å². The standard InChI is InChI=1S/C15H23N3O5/c1-8-6-18(14(22)17-12(8)20)11-5-9(10(7-19)23-11)16-13(21)15(2,3)4/h6,9-11,19H,5,7H2,1-4H3,(H,16,21)(H,17,20,22)/t9-,10-,11+/m1/s1. The van der Waals surface area contributed by atoms with Crippen molar-refractivity contribution >= 4 is 5.91 Å². The molecule has 1 saturated heterocycles. The second kappa shape index (κ2) is 6.29. The minimum atomic E-state index is -0.652. The third-order valence-corrected chi connectivity index (χ3v) is 3.87. The Hall–Kier alpha value is -1.93. The van der Waals surface area contributed by atoms with E-state index in [2.05, 4.69) is 10.3 Å². The van der Waals surface area contributed by atoms with Gasteiger partial charge in [0.05, 0.1) is 12.6 Å². The minimum absolute atomic E-state index is 0.157. The molecule has 0 spiro atoms. The molecule has 1 aliphatic rings. The molecule has 8 nitrogen and oxygen atoms in total. The lowest BCUT2D eigenvalue weighted by Gasteiger charge is -2.23. The molecule has 1 amide bonds. The predicted octanol–water partition coefficient (Wildman–Crippen LogP) is -0.344. The first-order chi connectivity index (χ1) is 10.6. The van der Waals surface area contributed by atoms with Crippen molar-refractivity contribution in [3.63, 3.8) is 0 Å². The molecular formula is C15H23N3O5. The molecule has 0 saturated carbocycles. The largest absolute Gasteiger partial charge is 0.394 e. The Kier molecular flexibility index (Phi) is 4.76. The van der Waals surface area contributed by atoms with Crippen molar-refractivity contribution in [2.24, 2.45) is 5.41 Å². The van der Waals surface area contributed by atoms with Crippen molar-refractivity contribution in [1.29, 1.82) is 0 Å². The lowest BCUT2D eigenvalue weighted by atomic mass is 9.94. The number of aliphatic hydroxyl groups excluding tert-OH is 1. The maximum Gasteiger partial charge on any atom is 0.330 e. The number of hydrogen-bond acceptors (Lipinski definition) is 5. The fourth-order valence-electron chi connectivity index (χ4n) is 2.41. The smallest absolute Gasteiger partial charge is 0.330 e. The van der Waals surface area contributed by atoms with Crippen LogP contribution in [-0.2, 0) is 9.53 Å². The third kappa shape index (κ3) is 3.70. The first-order valence-electron chi connectivity index (χ1n) is 7.53. The molecule has 3 N–H and O–H groups in total. The zero-order chi connectivity index (χ0) is 17.4. The van der Waals surface area contributed by atoms with E-state index in [9.17, 15) is 19.5 Å². The van der Waals surface area contributed by atoms with Gasteiger partial charge in [-0.3, -0.25) is 19.1 Å². The number of carbonyl (C=O) groups excluding carboxylic acids is 1. The number of amides is 1. The number of nitrogens with one attached hydrogen (secondary N) is 2. The van der Waals surface area contributed by atoms with Crippen LogP contribution in [0.15, 0.2) is 15.8 Å². The maximum atomic E-state index is 12.1. The van der Waals surface area contributed by atoms with E-state index in [1.807, 2.05) is 0 Å². The van der Waals surface area contributed by atoms with E-state index >= 15 is 0 Å². The first-order valence-corrected chi connectivity index (χ1v) is 7.53. The van der Waals surface area contributed by atoms with Gasteiger partial charge in [-0.1, -0.05) is 20.8 Å². The summed E-state index contributed by atoms with van der Waals surface area (Å²) >= 11 is 0. The van der Waals surface area contributed by atoms with Gasteiger partial charge in [0.15, 0.2) is 0 Å². The lowest BCUT2D eigenvalue weighted by molar-refractivity contribution is -0.129. The molecule has 0 unspecified atom stereocenters. The van der Waals surface area contributed by atoms with E-state index in [1.54, 1.807) is 27.7 Å². The number of hydrogen-bond donors (Lipinski definition) is 3. The number of rotatable bonds is 3. The van der Waals surface area contributed by atoms with Gasteiger partial charge in [-0.15, -0.1) is 0 Å². The van der Waals surface area contributed by atoms with Crippen molar-refractivity contribution in [2.45, 2.75) is 52.5 Å². The van der Waals surface area contributed by atoms with Crippen LogP contribution in [0.2, 0.25) is 0 Å². The Labute approximate surface area is 133 Å². The Morgan fingerprint density at radius 2 is 2.13 bits per heavy atom. The lowest BCUT2D eigenvalue weighted by Crippen LogP contribution is -2.46. The summed E-state index contributed by atoms with van der Waals surface area (Å²) in [5, 5.41) is 12.3. The molecule has 23 heavy (non-hydrogen) atoms. The molecule has 8 heteroatoms. The highest BCUT2D eigenvalue weighted by atomic mass is 16.5. The molecule has 0 radical (unpaired) electrons. The molecule has 2 rings (SSSR count). The van der Waals surface area contributed by atoms with E-state index in [4.69, 9.17) is 4.74 Å². The van der Waals surface area contributed by atoms with E-state index in [1.165, 1.54) is 10.8 Å². The molecule has 0 aliphatic carbocycles. The molecule has 128 valence electrons. The van der Waals surface area contributed by atoms with Crippen molar-refractivity contribution < 1.29 is 14.6 Å². The highest BCUT2D eigenvalue weighted by Gasteiger charge is 2.38. The van der Waals surface area contributed by atoms with Crippen LogP contribution in [0.4, 0.5) is 0 Å². The maximum absolute atomic E-state index is 12.1. The highest BCUT2D eigenvalue weighted by Crippen LogP contribution is 2.28. The van der Waals surface area contributed by atoms with E-state index in [-0.39, 0.29) is 12.5 Å². The van der Waals surface area contributed by atoms with Crippen LogP contribution in [0.1, 0.15) is 39.0 Å². The predicted molar refractivity (Wildman–Crippen MR) is 83.1 cm³/mol. The monoisotopic (exact) mass is 325 g/mol. The van der Waals surface area contributed by atoms with Gasteiger partial charge >= 0.3 is 5.69 Å². The number of ether oxygens (including phenoxy) is 1.